The maximum absolute atomic E-state index is 14.9. The summed E-state index contributed by atoms with van der Waals surface area (Å²) in [7, 11) is 0. The van der Waals surface area contributed by atoms with Gasteiger partial charge < -0.3 is 25.2 Å². The van der Waals surface area contributed by atoms with Crippen LogP contribution in [-0.4, -0.2) is 83.3 Å². The molecule has 3 N–H and O–H groups in total. The van der Waals surface area contributed by atoms with Crippen molar-refractivity contribution in [1.29, 1.82) is 0 Å². The summed E-state index contributed by atoms with van der Waals surface area (Å²) in [5.41, 5.74) is -1.38. The molecule has 3 aliphatic rings. The minimum Gasteiger partial charge on any atom is -0.481 e. The van der Waals surface area contributed by atoms with E-state index in [1.54, 1.807) is 46.0 Å². The maximum atomic E-state index is 14.9. The minimum absolute atomic E-state index is 0.0968. The molecule has 4 unspecified atom stereocenters. The maximum Gasteiger partial charge on any atom is 0.338 e. The molecule has 1 aromatic carbocycles. The average Bonchev–Trinajstić information content (AvgIpc) is 3.52. The number of piperidine rings is 1. The molecule has 10 nitrogen and oxygen atoms in total. The third kappa shape index (κ3) is 5.14. The molecule has 0 bridgehead atoms. The Kier molecular flexibility index (Phi) is 8.53. The van der Waals surface area contributed by atoms with Crippen LogP contribution in [0, 0.1) is 18.2 Å². The molecule has 2 saturated heterocycles. The van der Waals surface area contributed by atoms with Gasteiger partial charge in [0, 0.05) is 37.3 Å². The van der Waals surface area contributed by atoms with Gasteiger partial charge in [-0.05, 0) is 58.2 Å². The SMILES string of the molecule is CCOC(=O)C1=C(C(C)(N2CCC3NCCOC3C2)C(C)(C)C(=O)O)NC(c2nccs2)=NC1c1cccc(F)c1C. The smallest absolute Gasteiger partial charge is 0.338 e. The van der Waals surface area contributed by atoms with E-state index in [-0.39, 0.29) is 24.3 Å². The first kappa shape index (κ1) is 30.3. The van der Waals surface area contributed by atoms with Gasteiger partial charge in [0.15, 0.2) is 10.8 Å². The van der Waals surface area contributed by atoms with Gasteiger partial charge in [0.2, 0.25) is 0 Å². The van der Waals surface area contributed by atoms with Crippen molar-refractivity contribution in [2.45, 2.75) is 64.8 Å². The number of thiazole rings is 1. The molecular weight excluding hydrogens is 561 g/mol. The number of fused-ring (bicyclic) bond motifs is 1. The predicted octanol–water partition coefficient (Wildman–Crippen LogP) is 3.43. The van der Waals surface area contributed by atoms with Gasteiger partial charge in [0.1, 0.15) is 11.9 Å². The molecule has 0 aliphatic carbocycles. The summed E-state index contributed by atoms with van der Waals surface area (Å²) in [6.07, 6.45) is 2.23. The van der Waals surface area contributed by atoms with E-state index in [2.05, 4.69) is 20.5 Å². The van der Waals surface area contributed by atoms with Gasteiger partial charge in [-0.2, -0.15) is 0 Å². The molecule has 0 spiro atoms. The van der Waals surface area contributed by atoms with Gasteiger partial charge in [-0.15, -0.1) is 11.3 Å². The number of morpholine rings is 1. The molecule has 2 fully saturated rings. The number of rotatable bonds is 8. The molecular formula is C30H38FN5O5S. The van der Waals surface area contributed by atoms with Crippen LogP contribution < -0.4 is 10.6 Å². The highest BCUT2D eigenvalue weighted by Gasteiger charge is 2.57. The Balaban J connectivity index is 1.78. The highest BCUT2D eigenvalue weighted by atomic mass is 32.1. The number of halogens is 1. The normalized spacial score (nSPS) is 24.7. The van der Waals surface area contributed by atoms with E-state index in [1.807, 2.05) is 12.3 Å². The molecule has 2 aromatic rings. The van der Waals surface area contributed by atoms with Crippen LogP contribution in [-0.2, 0) is 19.1 Å². The minimum atomic E-state index is -1.42. The summed E-state index contributed by atoms with van der Waals surface area (Å²) in [6, 6.07) is 3.87. The number of aliphatic imine (C=N–C) groups is 1. The zero-order chi connectivity index (χ0) is 30.2. The molecule has 0 saturated carbocycles. The number of nitrogens with one attached hydrogen (secondary N) is 2. The second kappa shape index (κ2) is 11.8. The molecule has 12 heteroatoms. The molecule has 1 aromatic heterocycles. The highest BCUT2D eigenvalue weighted by Crippen LogP contribution is 2.48. The van der Waals surface area contributed by atoms with E-state index >= 15 is 0 Å². The van der Waals surface area contributed by atoms with E-state index < -0.39 is 34.8 Å². The number of aliphatic carboxylic acids is 1. The van der Waals surface area contributed by atoms with E-state index in [9.17, 15) is 19.1 Å². The molecule has 0 amide bonds. The van der Waals surface area contributed by atoms with Gasteiger partial charge >= 0.3 is 11.9 Å². The second-order valence-corrected chi connectivity index (χ2v) is 12.4. The fraction of sp³-hybridized carbons (Fsp3) is 0.533. The van der Waals surface area contributed by atoms with Crippen LogP contribution in [0.25, 0.3) is 0 Å². The lowest BCUT2D eigenvalue weighted by molar-refractivity contribution is -0.159. The summed E-state index contributed by atoms with van der Waals surface area (Å²) in [5, 5.41) is 19.9. The zero-order valence-corrected chi connectivity index (χ0v) is 25.4. The molecule has 4 heterocycles. The van der Waals surface area contributed by atoms with Crippen molar-refractivity contribution in [3.63, 3.8) is 0 Å². The van der Waals surface area contributed by atoms with Crippen LogP contribution in [0.3, 0.4) is 0 Å². The first-order valence-corrected chi connectivity index (χ1v) is 15.1. The number of nitrogens with zero attached hydrogens (tertiary/aromatic N) is 3. The van der Waals surface area contributed by atoms with Gasteiger partial charge in [-0.1, -0.05) is 12.1 Å². The third-order valence-electron chi connectivity index (χ3n) is 9.05. The number of hydrogen-bond acceptors (Lipinski definition) is 10. The summed E-state index contributed by atoms with van der Waals surface area (Å²) in [6.45, 7) is 10.9. The summed E-state index contributed by atoms with van der Waals surface area (Å²) < 4.78 is 26.7. The van der Waals surface area contributed by atoms with Crippen LogP contribution in [0.15, 0.2) is 46.0 Å². The van der Waals surface area contributed by atoms with E-state index in [0.29, 0.717) is 47.4 Å². The predicted molar refractivity (Wildman–Crippen MR) is 157 cm³/mol. The Morgan fingerprint density at radius 1 is 1.31 bits per heavy atom. The van der Waals surface area contributed by atoms with E-state index in [1.165, 1.54) is 17.4 Å². The average molecular weight is 600 g/mol. The van der Waals surface area contributed by atoms with Crippen molar-refractivity contribution in [1.82, 2.24) is 20.5 Å². The summed E-state index contributed by atoms with van der Waals surface area (Å²) in [4.78, 5) is 38.5. The number of esters is 1. The number of carbonyl (C=O) groups is 2. The number of carbonyl (C=O) groups excluding carboxylic acids is 1. The molecule has 0 radical (unpaired) electrons. The number of amidine groups is 1. The van der Waals surface area contributed by atoms with Crippen LogP contribution in [0.5, 0.6) is 0 Å². The number of likely N-dealkylation sites (tertiary alicyclic amines) is 1. The van der Waals surface area contributed by atoms with Crippen LogP contribution >= 0.6 is 11.3 Å². The Morgan fingerprint density at radius 3 is 2.79 bits per heavy atom. The first-order chi connectivity index (χ1) is 20.0. The summed E-state index contributed by atoms with van der Waals surface area (Å²) >= 11 is 1.36. The largest absolute Gasteiger partial charge is 0.481 e. The van der Waals surface area contributed by atoms with Crippen LogP contribution in [0.4, 0.5) is 4.39 Å². The number of benzene rings is 1. The third-order valence-corrected chi connectivity index (χ3v) is 9.83. The molecule has 42 heavy (non-hydrogen) atoms. The van der Waals surface area contributed by atoms with Crippen molar-refractivity contribution in [2.24, 2.45) is 10.4 Å². The van der Waals surface area contributed by atoms with Crippen molar-refractivity contribution < 1.29 is 28.6 Å². The van der Waals surface area contributed by atoms with Gasteiger partial charge in [-0.3, -0.25) is 14.7 Å². The number of ether oxygens (including phenoxy) is 2. The van der Waals surface area contributed by atoms with E-state index in [0.717, 1.165) is 13.0 Å². The lowest BCUT2D eigenvalue weighted by atomic mass is 9.67. The number of aromatic nitrogens is 1. The van der Waals surface area contributed by atoms with Crippen molar-refractivity contribution >= 4 is 29.1 Å². The Morgan fingerprint density at radius 2 is 2.10 bits per heavy atom. The topological polar surface area (TPSA) is 125 Å². The molecule has 5 rings (SSSR count). The number of carboxylic acids is 1. The summed E-state index contributed by atoms with van der Waals surface area (Å²) in [5.74, 6) is -1.74. The number of hydrogen-bond donors (Lipinski definition) is 3. The van der Waals surface area contributed by atoms with Crippen molar-refractivity contribution in [2.75, 3.05) is 32.8 Å². The van der Waals surface area contributed by atoms with Gasteiger partial charge in [0.25, 0.3) is 0 Å². The highest BCUT2D eigenvalue weighted by molar-refractivity contribution is 7.11. The fourth-order valence-electron chi connectivity index (χ4n) is 6.20. The molecule has 3 aliphatic heterocycles. The second-order valence-electron chi connectivity index (χ2n) is 11.5. The Bertz CT molecular complexity index is 1410. The van der Waals surface area contributed by atoms with Gasteiger partial charge in [0.05, 0.1) is 41.5 Å². The fourth-order valence-corrected chi connectivity index (χ4v) is 6.79. The molecule has 4 atom stereocenters. The quantitative estimate of drug-likeness (QED) is 0.392. The van der Waals surface area contributed by atoms with Crippen LogP contribution in [0.1, 0.15) is 56.3 Å². The Labute approximate surface area is 249 Å². The van der Waals surface area contributed by atoms with Crippen molar-refractivity contribution in [3.05, 3.63) is 63.0 Å². The molecule has 226 valence electrons. The monoisotopic (exact) mass is 599 g/mol. The number of carboxylic acid groups (broad SMARTS) is 1. The Hall–Kier alpha value is -3.19. The zero-order valence-electron chi connectivity index (χ0n) is 24.6. The first-order valence-electron chi connectivity index (χ1n) is 14.3. The lowest BCUT2D eigenvalue weighted by Crippen LogP contribution is -2.69. The van der Waals surface area contributed by atoms with E-state index in [4.69, 9.17) is 14.5 Å². The van der Waals surface area contributed by atoms with Crippen LogP contribution in [0.2, 0.25) is 0 Å². The standard InChI is InChI=1S/C30H38FN5O5S/c1-6-40-27(37)22-23(18-8-7-9-19(31)17(18)2)34-25(26-33-12-15-42-26)35-24(22)30(5,29(3,4)28(38)39)36-13-10-20-21(16-36)41-14-11-32-20/h7-9,12,15,20-21,23,32H,6,10-11,13-14,16H2,1-5H3,(H,34,35)(H,38,39). The van der Waals surface area contributed by atoms with Crippen molar-refractivity contribution in [3.8, 4) is 0 Å². The van der Waals surface area contributed by atoms with Gasteiger partial charge in [-0.25, -0.2) is 14.2 Å². The lowest BCUT2D eigenvalue weighted by Gasteiger charge is -2.55.